The zero-order valence-corrected chi connectivity index (χ0v) is 15.2. The second-order valence-electron chi connectivity index (χ2n) is 6.81. The lowest BCUT2D eigenvalue weighted by molar-refractivity contribution is 0.0389. The molecular weight excluding hydrogens is 350 g/mol. The summed E-state index contributed by atoms with van der Waals surface area (Å²) < 4.78 is 5.75. The molecule has 3 aromatic carbocycles. The van der Waals surface area contributed by atoms with Gasteiger partial charge < -0.3 is 9.72 Å². The molecule has 1 aliphatic rings. The third-order valence-corrected chi connectivity index (χ3v) is 4.96. The topological polar surface area (TPSA) is 57.4 Å². The van der Waals surface area contributed by atoms with Gasteiger partial charge in [0.05, 0.1) is 6.54 Å². The summed E-state index contributed by atoms with van der Waals surface area (Å²) in [7, 11) is 0. The van der Waals surface area contributed by atoms with Crippen LogP contribution in [0.15, 0.2) is 78.9 Å². The Kier molecular flexibility index (Phi) is 4.07. The van der Waals surface area contributed by atoms with Gasteiger partial charge in [0.2, 0.25) is 0 Å². The average molecular weight is 369 g/mol. The lowest BCUT2D eigenvalue weighted by atomic mass is 10.0. The fourth-order valence-corrected chi connectivity index (χ4v) is 3.66. The molecule has 4 aromatic rings. The van der Waals surface area contributed by atoms with E-state index in [9.17, 15) is 4.79 Å². The van der Waals surface area contributed by atoms with Gasteiger partial charge in [-0.1, -0.05) is 66.7 Å². The molecule has 2 heterocycles. The number of aromatic nitrogens is 1. The van der Waals surface area contributed by atoms with Crippen molar-refractivity contribution in [3.05, 3.63) is 90.1 Å². The van der Waals surface area contributed by atoms with Gasteiger partial charge in [-0.2, -0.15) is 5.01 Å². The first-order valence-corrected chi connectivity index (χ1v) is 9.22. The summed E-state index contributed by atoms with van der Waals surface area (Å²) in [5, 5.41) is 2.81. The average Bonchev–Trinajstić information content (AvgIpc) is 3.14. The minimum Gasteiger partial charge on any atom is -0.476 e. The number of carbonyl (C=O) groups excluding carboxylic acids is 1. The Morgan fingerprint density at radius 2 is 1.68 bits per heavy atom. The first kappa shape index (κ1) is 16.6. The zero-order chi connectivity index (χ0) is 18.9. The SMILES string of the molecule is O=C(NN1COc2ccccc2C1)c1[nH]c2ccccc2c1-c1ccccc1. The Hall–Kier alpha value is -3.57. The predicted octanol–water partition coefficient (Wildman–Crippen LogP) is 4.33. The largest absolute Gasteiger partial charge is 0.476 e. The minimum absolute atomic E-state index is 0.182. The van der Waals surface area contributed by atoms with E-state index in [1.807, 2.05) is 78.9 Å². The van der Waals surface area contributed by atoms with Crippen molar-refractivity contribution < 1.29 is 9.53 Å². The molecule has 2 N–H and O–H groups in total. The maximum absolute atomic E-state index is 13.1. The van der Waals surface area contributed by atoms with Gasteiger partial charge in [0.25, 0.3) is 5.91 Å². The molecular formula is C23H19N3O2. The Balaban J connectivity index is 1.49. The standard InChI is InChI=1S/C23H19N3O2/c27-23(25-26-14-17-10-4-7-13-20(17)28-15-26)22-21(16-8-2-1-3-9-16)18-11-5-6-12-19(18)24-22/h1-13,24H,14-15H2,(H,25,27). The predicted molar refractivity (Wildman–Crippen MR) is 109 cm³/mol. The highest BCUT2D eigenvalue weighted by Crippen LogP contribution is 2.32. The number of fused-ring (bicyclic) bond motifs is 2. The number of hydrazine groups is 1. The van der Waals surface area contributed by atoms with Crippen LogP contribution in [0.3, 0.4) is 0 Å². The van der Waals surface area contributed by atoms with E-state index in [1.165, 1.54) is 0 Å². The number of rotatable bonds is 3. The Morgan fingerprint density at radius 3 is 2.57 bits per heavy atom. The van der Waals surface area contributed by atoms with Gasteiger partial charge in [0, 0.05) is 22.0 Å². The highest BCUT2D eigenvalue weighted by molar-refractivity contribution is 6.09. The van der Waals surface area contributed by atoms with Crippen LogP contribution in [0.2, 0.25) is 0 Å². The van der Waals surface area contributed by atoms with Crippen LogP contribution in [0.4, 0.5) is 0 Å². The molecule has 0 aliphatic carbocycles. The van der Waals surface area contributed by atoms with Gasteiger partial charge in [-0.25, -0.2) is 0 Å². The molecule has 0 fully saturated rings. The van der Waals surface area contributed by atoms with E-state index in [0.29, 0.717) is 19.0 Å². The van der Waals surface area contributed by atoms with Gasteiger partial charge in [-0.05, 0) is 17.7 Å². The Morgan fingerprint density at radius 1 is 0.929 bits per heavy atom. The van der Waals surface area contributed by atoms with Crippen molar-refractivity contribution in [2.45, 2.75) is 6.54 Å². The lowest BCUT2D eigenvalue weighted by Gasteiger charge is -2.28. The van der Waals surface area contributed by atoms with Crippen molar-refractivity contribution in [3.63, 3.8) is 0 Å². The van der Waals surface area contributed by atoms with Gasteiger partial charge in [-0.3, -0.25) is 10.2 Å². The van der Waals surface area contributed by atoms with Crippen LogP contribution in [0.1, 0.15) is 16.1 Å². The summed E-state index contributed by atoms with van der Waals surface area (Å²) >= 11 is 0. The molecule has 138 valence electrons. The van der Waals surface area contributed by atoms with Crippen LogP contribution in [0.25, 0.3) is 22.0 Å². The molecule has 28 heavy (non-hydrogen) atoms. The van der Waals surface area contributed by atoms with Crippen LogP contribution in [-0.2, 0) is 6.54 Å². The fourth-order valence-electron chi connectivity index (χ4n) is 3.66. The third kappa shape index (κ3) is 2.92. The smallest absolute Gasteiger partial charge is 0.282 e. The van der Waals surface area contributed by atoms with E-state index in [2.05, 4.69) is 10.4 Å². The van der Waals surface area contributed by atoms with E-state index in [-0.39, 0.29) is 5.91 Å². The van der Waals surface area contributed by atoms with Crippen molar-refractivity contribution in [2.24, 2.45) is 0 Å². The number of hydrogen-bond acceptors (Lipinski definition) is 3. The number of H-pyrrole nitrogens is 1. The second kappa shape index (κ2) is 6.87. The van der Waals surface area contributed by atoms with Crippen LogP contribution in [0, 0.1) is 0 Å². The molecule has 5 rings (SSSR count). The maximum atomic E-state index is 13.1. The molecule has 0 saturated carbocycles. The molecule has 1 aromatic heterocycles. The van der Waals surface area contributed by atoms with E-state index < -0.39 is 0 Å². The second-order valence-corrected chi connectivity index (χ2v) is 6.81. The summed E-state index contributed by atoms with van der Waals surface area (Å²) in [5.74, 6) is 0.682. The van der Waals surface area contributed by atoms with Crippen LogP contribution < -0.4 is 10.2 Å². The summed E-state index contributed by atoms with van der Waals surface area (Å²) in [4.78, 5) is 16.4. The van der Waals surface area contributed by atoms with Crippen molar-refractivity contribution in [2.75, 3.05) is 6.73 Å². The summed E-state index contributed by atoms with van der Waals surface area (Å²) in [6, 6.07) is 25.8. The summed E-state index contributed by atoms with van der Waals surface area (Å²) in [6.45, 7) is 0.909. The van der Waals surface area contributed by atoms with Crippen LogP contribution in [0.5, 0.6) is 5.75 Å². The Bertz CT molecular complexity index is 1150. The van der Waals surface area contributed by atoms with Gasteiger partial charge in [0.15, 0.2) is 6.73 Å². The van der Waals surface area contributed by atoms with Gasteiger partial charge in [0.1, 0.15) is 11.4 Å². The molecule has 5 nitrogen and oxygen atoms in total. The molecule has 0 spiro atoms. The van der Waals surface area contributed by atoms with Crippen molar-refractivity contribution >= 4 is 16.8 Å². The first-order valence-electron chi connectivity index (χ1n) is 9.22. The van der Waals surface area contributed by atoms with Crippen LogP contribution >= 0.6 is 0 Å². The molecule has 0 radical (unpaired) electrons. The number of nitrogens with zero attached hydrogens (tertiary/aromatic N) is 1. The highest BCUT2D eigenvalue weighted by Gasteiger charge is 2.23. The summed E-state index contributed by atoms with van der Waals surface area (Å²) in [6.07, 6.45) is 0. The molecule has 1 aliphatic heterocycles. The quantitative estimate of drug-likeness (QED) is 0.565. The third-order valence-electron chi connectivity index (χ3n) is 4.96. The number of para-hydroxylation sites is 2. The van der Waals surface area contributed by atoms with Crippen molar-refractivity contribution in [1.29, 1.82) is 0 Å². The zero-order valence-electron chi connectivity index (χ0n) is 15.2. The van der Waals surface area contributed by atoms with E-state index in [0.717, 1.165) is 33.3 Å². The van der Waals surface area contributed by atoms with Crippen molar-refractivity contribution in [1.82, 2.24) is 15.4 Å². The lowest BCUT2D eigenvalue weighted by Crippen LogP contribution is -2.46. The number of ether oxygens (including phenoxy) is 1. The molecule has 0 atom stereocenters. The molecule has 1 amide bonds. The van der Waals surface area contributed by atoms with Gasteiger partial charge >= 0.3 is 0 Å². The molecule has 0 bridgehead atoms. The number of amides is 1. The molecule has 0 unspecified atom stereocenters. The van der Waals surface area contributed by atoms with Crippen LogP contribution in [-0.4, -0.2) is 22.6 Å². The number of benzene rings is 3. The monoisotopic (exact) mass is 369 g/mol. The number of nitrogens with one attached hydrogen (secondary N) is 2. The highest BCUT2D eigenvalue weighted by atomic mass is 16.5. The number of hydrogen-bond donors (Lipinski definition) is 2. The molecule has 0 saturated heterocycles. The van der Waals surface area contributed by atoms with Gasteiger partial charge in [-0.15, -0.1) is 0 Å². The van der Waals surface area contributed by atoms with E-state index in [4.69, 9.17) is 4.74 Å². The minimum atomic E-state index is -0.182. The van der Waals surface area contributed by atoms with Crippen molar-refractivity contribution in [3.8, 4) is 16.9 Å². The summed E-state index contributed by atoms with van der Waals surface area (Å²) in [5.41, 5.74) is 7.43. The first-order chi connectivity index (χ1) is 13.8. The maximum Gasteiger partial charge on any atom is 0.282 e. The number of aromatic amines is 1. The molecule has 5 heteroatoms. The van der Waals surface area contributed by atoms with E-state index in [1.54, 1.807) is 5.01 Å². The fraction of sp³-hybridized carbons (Fsp3) is 0.0870. The Labute approximate surface area is 162 Å². The normalized spacial score (nSPS) is 13.7. The number of carbonyl (C=O) groups is 1. The van der Waals surface area contributed by atoms with E-state index >= 15 is 0 Å².